The number of ketones is 1. The van der Waals surface area contributed by atoms with Crippen LogP contribution in [0.4, 0.5) is 8.78 Å². The summed E-state index contributed by atoms with van der Waals surface area (Å²) in [5.41, 5.74) is 2.73. The summed E-state index contributed by atoms with van der Waals surface area (Å²) in [6.07, 6.45) is 0. The Labute approximate surface area is 162 Å². The SMILES string of the molecule is COC(=O)c1c(C)[nH]c(C(=O)C(C)N(C)Cc2ccc(OC(F)F)cc2)c1C. The molecule has 0 aliphatic carbocycles. The van der Waals surface area contributed by atoms with Crippen molar-refractivity contribution in [2.24, 2.45) is 0 Å². The molecule has 2 aromatic rings. The van der Waals surface area contributed by atoms with Gasteiger partial charge in [0.2, 0.25) is 0 Å². The number of H-pyrrole nitrogens is 1. The van der Waals surface area contributed by atoms with Crippen LogP contribution in [0.2, 0.25) is 0 Å². The minimum atomic E-state index is -2.87. The van der Waals surface area contributed by atoms with E-state index in [-0.39, 0.29) is 11.5 Å². The number of aromatic amines is 1. The molecule has 1 atom stereocenters. The van der Waals surface area contributed by atoms with E-state index in [4.69, 9.17) is 4.74 Å². The van der Waals surface area contributed by atoms with Crippen LogP contribution in [-0.4, -0.2) is 48.4 Å². The molecule has 0 aliphatic rings. The smallest absolute Gasteiger partial charge is 0.387 e. The number of hydrogen-bond donors (Lipinski definition) is 1. The number of likely N-dealkylation sites (N-methyl/N-ethyl adjacent to an activating group) is 1. The Bertz CT molecular complexity index is 847. The van der Waals surface area contributed by atoms with E-state index in [0.29, 0.717) is 29.1 Å². The van der Waals surface area contributed by atoms with Crippen molar-refractivity contribution in [2.75, 3.05) is 14.2 Å². The lowest BCUT2D eigenvalue weighted by molar-refractivity contribution is -0.0498. The number of aromatic nitrogens is 1. The fraction of sp³-hybridized carbons (Fsp3) is 0.400. The van der Waals surface area contributed by atoms with Gasteiger partial charge in [0, 0.05) is 12.2 Å². The lowest BCUT2D eigenvalue weighted by Crippen LogP contribution is -2.36. The predicted octanol–water partition coefficient (Wildman–Crippen LogP) is 3.72. The molecule has 8 heteroatoms. The summed E-state index contributed by atoms with van der Waals surface area (Å²) in [5, 5.41) is 0. The van der Waals surface area contributed by atoms with Crippen molar-refractivity contribution in [2.45, 2.75) is 40.0 Å². The lowest BCUT2D eigenvalue weighted by Gasteiger charge is -2.23. The number of Topliss-reactive ketones (excluding diaryl/α,β-unsaturated/α-hetero) is 1. The van der Waals surface area contributed by atoms with E-state index in [9.17, 15) is 18.4 Å². The van der Waals surface area contributed by atoms with Gasteiger partial charge in [-0.1, -0.05) is 12.1 Å². The van der Waals surface area contributed by atoms with Gasteiger partial charge in [-0.2, -0.15) is 8.78 Å². The predicted molar refractivity (Wildman–Crippen MR) is 99.9 cm³/mol. The van der Waals surface area contributed by atoms with E-state index in [1.807, 2.05) is 4.90 Å². The van der Waals surface area contributed by atoms with Crippen LogP contribution in [-0.2, 0) is 11.3 Å². The fourth-order valence-corrected chi connectivity index (χ4v) is 3.01. The number of nitrogens with one attached hydrogen (secondary N) is 1. The number of esters is 1. The molecule has 1 unspecified atom stereocenters. The highest BCUT2D eigenvalue weighted by molar-refractivity contribution is 6.03. The molecule has 0 fully saturated rings. The molecule has 1 heterocycles. The highest BCUT2D eigenvalue weighted by atomic mass is 19.3. The minimum absolute atomic E-state index is 0.0818. The Morgan fingerprint density at radius 3 is 2.32 bits per heavy atom. The highest BCUT2D eigenvalue weighted by Gasteiger charge is 2.27. The molecular formula is C20H24F2N2O4. The van der Waals surface area contributed by atoms with Crippen LogP contribution in [0.5, 0.6) is 5.75 Å². The van der Waals surface area contributed by atoms with Gasteiger partial charge in [-0.15, -0.1) is 0 Å². The number of hydrogen-bond acceptors (Lipinski definition) is 5. The van der Waals surface area contributed by atoms with Crippen molar-refractivity contribution in [3.8, 4) is 5.75 Å². The number of aryl methyl sites for hydroxylation is 1. The molecule has 1 aromatic carbocycles. The van der Waals surface area contributed by atoms with Crippen LogP contribution in [0.3, 0.4) is 0 Å². The molecule has 0 amide bonds. The maximum absolute atomic E-state index is 12.9. The number of benzene rings is 1. The van der Waals surface area contributed by atoms with Crippen LogP contribution >= 0.6 is 0 Å². The van der Waals surface area contributed by atoms with Gasteiger partial charge in [-0.25, -0.2) is 4.79 Å². The minimum Gasteiger partial charge on any atom is -0.465 e. The summed E-state index contributed by atoms with van der Waals surface area (Å²) in [5.74, 6) is -0.563. The largest absolute Gasteiger partial charge is 0.465 e. The number of rotatable bonds is 8. The number of carbonyl (C=O) groups is 2. The molecule has 6 nitrogen and oxygen atoms in total. The van der Waals surface area contributed by atoms with Gasteiger partial charge in [-0.3, -0.25) is 9.69 Å². The van der Waals surface area contributed by atoms with Crippen molar-refractivity contribution >= 4 is 11.8 Å². The van der Waals surface area contributed by atoms with Crippen LogP contribution in [0, 0.1) is 13.8 Å². The Hall–Kier alpha value is -2.74. The van der Waals surface area contributed by atoms with Crippen LogP contribution < -0.4 is 4.74 Å². The maximum Gasteiger partial charge on any atom is 0.387 e. The average Bonchev–Trinajstić information content (AvgIpc) is 2.95. The molecule has 152 valence electrons. The number of ether oxygens (including phenoxy) is 2. The van der Waals surface area contributed by atoms with E-state index in [2.05, 4.69) is 9.72 Å². The Morgan fingerprint density at radius 1 is 1.18 bits per heavy atom. The zero-order valence-corrected chi connectivity index (χ0v) is 16.5. The molecule has 0 bridgehead atoms. The second-order valence-corrected chi connectivity index (χ2v) is 6.59. The monoisotopic (exact) mass is 394 g/mol. The summed E-state index contributed by atoms with van der Waals surface area (Å²) in [6.45, 7) is 2.76. The first-order valence-corrected chi connectivity index (χ1v) is 8.71. The Balaban J connectivity index is 2.11. The first-order chi connectivity index (χ1) is 13.1. The third kappa shape index (κ3) is 4.75. The van der Waals surface area contributed by atoms with Gasteiger partial charge in [0.15, 0.2) is 5.78 Å². The Kier molecular flexibility index (Phi) is 6.90. The number of carbonyl (C=O) groups excluding carboxylic acids is 2. The van der Waals surface area contributed by atoms with Crippen LogP contribution in [0.1, 0.15) is 44.6 Å². The second-order valence-electron chi connectivity index (χ2n) is 6.59. The maximum atomic E-state index is 12.9. The van der Waals surface area contributed by atoms with Crippen molar-refractivity contribution in [1.82, 2.24) is 9.88 Å². The summed E-state index contributed by atoms with van der Waals surface area (Å²) in [6, 6.07) is 5.79. The van der Waals surface area contributed by atoms with Crippen LogP contribution in [0.25, 0.3) is 0 Å². The van der Waals surface area contributed by atoms with Gasteiger partial charge in [-0.05, 0) is 51.1 Å². The zero-order valence-electron chi connectivity index (χ0n) is 16.5. The average molecular weight is 394 g/mol. The molecule has 0 spiro atoms. The normalized spacial score (nSPS) is 12.3. The van der Waals surface area contributed by atoms with Crippen molar-refractivity contribution in [3.63, 3.8) is 0 Å². The molecule has 1 N–H and O–H groups in total. The van der Waals surface area contributed by atoms with E-state index in [1.165, 1.54) is 19.2 Å². The van der Waals surface area contributed by atoms with Gasteiger partial charge in [0.05, 0.1) is 24.4 Å². The van der Waals surface area contributed by atoms with Crippen LogP contribution in [0.15, 0.2) is 24.3 Å². The third-order valence-electron chi connectivity index (χ3n) is 4.69. The van der Waals surface area contributed by atoms with Gasteiger partial charge < -0.3 is 14.5 Å². The molecule has 0 saturated carbocycles. The van der Waals surface area contributed by atoms with Crippen molar-refractivity contribution in [1.29, 1.82) is 0 Å². The topological polar surface area (TPSA) is 71.6 Å². The van der Waals surface area contributed by atoms with Gasteiger partial charge >= 0.3 is 12.6 Å². The highest BCUT2D eigenvalue weighted by Crippen LogP contribution is 2.22. The standard InChI is InChI=1S/C20H24F2N2O4/c1-11-16(19(26)27-5)12(2)23-17(11)18(25)13(3)24(4)10-14-6-8-15(9-7-14)28-20(21)22/h6-9,13,20,23H,10H2,1-5H3. The fourth-order valence-electron chi connectivity index (χ4n) is 3.01. The number of nitrogens with zero attached hydrogens (tertiary/aromatic N) is 1. The lowest BCUT2D eigenvalue weighted by atomic mass is 10.0. The van der Waals surface area contributed by atoms with Gasteiger partial charge in [0.25, 0.3) is 0 Å². The first-order valence-electron chi connectivity index (χ1n) is 8.71. The second kappa shape index (κ2) is 8.97. The number of methoxy groups -OCH3 is 1. The van der Waals surface area contributed by atoms with Crippen molar-refractivity contribution in [3.05, 3.63) is 52.3 Å². The van der Waals surface area contributed by atoms with Crippen molar-refractivity contribution < 1.29 is 27.8 Å². The van der Waals surface area contributed by atoms with E-state index in [1.54, 1.807) is 40.0 Å². The molecule has 0 saturated heterocycles. The third-order valence-corrected chi connectivity index (χ3v) is 4.69. The molecule has 0 aliphatic heterocycles. The molecule has 0 radical (unpaired) electrons. The molecular weight excluding hydrogens is 370 g/mol. The number of alkyl halides is 2. The number of halogens is 2. The van der Waals surface area contributed by atoms with E-state index >= 15 is 0 Å². The van der Waals surface area contributed by atoms with E-state index < -0.39 is 18.6 Å². The summed E-state index contributed by atoms with van der Waals surface area (Å²) in [7, 11) is 3.09. The summed E-state index contributed by atoms with van der Waals surface area (Å²) in [4.78, 5) is 29.7. The molecule has 28 heavy (non-hydrogen) atoms. The molecule has 1 aromatic heterocycles. The van der Waals surface area contributed by atoms with E-state index in [0.717, 1.165) is 5.56 Å². The summed E-state index contributed by atoms with van der Waals surface area (Å²) < 4.78 is 33.5. The first kappa shape index (κ1) is 21.6. The Morgan fingerprint density at radius 2 is 1.79 bits per heavy atom. The molecule has 2 rings (SSSR count). The summed E-state index contributed by atoms with van der Waals surface area (Å²) >= 11 is 0. The quantitative estimate of drug-likeness (QED) is 0.546. The van der Waals surface area contributed by atoms with Gasteiger partial charge in [0.1, 0.15) is 5.75 Å². The zero-order chi connectivity index (χ0) is 21.0.